The average molecular weight is 380 g/mol. The first-order valence-electron chi connectivity index (χ1n) is 9.74. The molecule has 1 fully saturated rings. The third-order valence-corrected chi connectivity index (χ3v) is 5.40. The largest absolute Gasteiger partial charge is 0.465 e. The maximum absolute atomic E-state index is 12.9. The Kier molecular flexibility index (Phi) is 6.47. The van der Waals surface area contributed by atoms with Gasteiger partial charge in [0.25, 0.3) is 0 Å². The van der Waals surface area contributed by atoms with Crippen LogP contribution in [0, 0.1) is 19.8 Å². The molecule has 1 amide bonds. The van der Waals surface area contributed by atoms with E-state index in [1.54, 1.807) is 12.1 Å². The smallest absolute Gasteiger partial charge is 0.338 e. The molecule has 1 heterocycles. The van der Waals surface area contributed by atoms with Gasteiger partial charge in [0, 0.05) is 18.8 Å². The van der Waals surface area contributed by atoms with Crippen LogP contribution in [0.5, 0.6) is 0 Å². The first-order chi connectivity index (χ1) is 13.5. The van der Waals surface area contributed by atoms with Crippen LogP contribution < -0.4 is 5.32 Å². The first kappa shape index (κ1) is 20.1. The Morgan fingerprint density at radius 1 is 1.14 bits per heavy atom. The number of nitrogens with one attached hydrogen (secondary N) is 1. The van der Waals surface area contributed by atoms with Crippen LogP contribution in [-0.2, 0) is 16.1 Å². The van der Waals surface area contributed by atoms with Crippen molar-refractivity contribution in [2.24, 2.45) is 5.92 Å². The minimum Gasteiger partial charge on any atom is -0.465 e. The number of rotatable bonds is 5. The molecule has 1 atom stereocenters. The van der Waals surface area contributed by atoms with Gasteiger partial charge in [-0.3, -0.25) is 9.69 Å². The molecule has 0 saturated carbocycles. The van der Waals surface area contributed by atoms with Crippen LogP contribution in [0.25, 0.3) is 0 Å². The summed E-state index contributed by atoms with van der Waals surface area (Å²) in [5, 5.41) is 3.02. The van der Waals surface area contributed by atoms with Crippen LogP contribution in [0.4, 0.5) is 5.69 Å². The number of benzene rings is 2. The average Bonchev–Trinajstić information content (AvgIpc) is 2.71. The first-order valence-corrected chi connectivity index (χ1v) is 9.74. The molecule has 5 heteroatoms. The van der Waals surface area contributed by atoms with Gasteiger partial charge in [-0.15, -0.1) is 0 Å². The monoisotopic (exact) mass is 380 g/mol. The molecule has 0 spiro atoms. The second kappa shape index (κ2) is 9.02. The highest BCUT2D eigenvalue weighted by atomic mass is 16.5. The number of carbonyl (C=O) groups excluding carboxylic acids is 2. The molecule has 1 aliphatic heterocycles. The second-order valence-electron chi connectivity index (χ2n) is 7.52. The van der Waals surface area contributed by atoms with Crippen molar-refractivity contribution in [1.82, 2.24) is 4.90 Å². The molecule has 0 aliphatic carbocycles. The maximum Gasteiger partial charge on any atom is 0.338 e. The lowest BCUT2D eigenvalue weighted by molar-refractivity contribution is -0.121. The molecule has 2 aromatic carbocycles. The number of hydrogen-bond donors (Lipinski definition) is 1. The Morgan fingerprint density at radius 2 is 1.89 bits per heavy atom. The molecule has 5 nitrogen and oxygen atoms in total. The highest BCUT2D eigenvalue weighted by molar-refractivity contribution is 5.97. The summed E-state index contributed by atoms with van der Waals surface area (Å²) in [6.45, 7) is 6.53. The molecule has 148 valence electrons. The lowest BCUT2D eigenvalue weighted by Gasteiger charge is -2.32. The van der Waals surface area contributed by atoms with E-state index in [1.807, 2.05) is 13.0 Å². The second-order valence-corrected chi connectivity index (χ2v) is 7.52. The van der Waals surface area contributed by atoms with Crippen molar-refractivity contribution < 1.29 is 14.3 Å². The molecule has 1 saturated heterocycles. The van der Waals surface area contributed by atoms with Crippen molar-refractivity contribution >= 4 is 17.6 Å². The Morgan fingerprint density at radius 3 is 2.61 bits per heavy atom. The summed E-state index contributed by atoms with van der Waals surface area (Å²) in [6.07, 6.45) is 1.89. The molecule has 0 aromatic heterocycles. The number of carbonyl (C=O) groups is 2. The van der Waals surface area contributed by atoms with E-state index in [4.69, 9.17) is 4.74 Å². The van der Waals surface area contributed by atoms with Gasteiger partial charge >= 0.3 is 5.97 Å². The van der Waals surface area contributed by atoms with E-state index in [2.05, 4.69) is 41.4 Å². The quantitative estimate of drug-likeness (QED) is 0.798. The van der Waals surface area contributed by atoms with E-state index in [1.165, 1.54) is 18.2 Å². The number of ether oxygens (including phenoxy) is 1. The number of likely N-dealkylation sites (tertiary alicyclic amines) is 1. The highest BCUT2D eigenvalue weighted by Crippen LogP contribution is 2.24. The van der Waals surface area contributed by atoms with Crippen molar-refractivity contribution in [3.8, 4) is 0 Å². The number of nitrogens with zero attached hydrogens (tertiary/aromatic N) is 1. The van der Waals surface area contributed by atoms with Crippen molar-refractivity contribution in [2.45, 2.75) is 33.2 Å². The molecular formula is C23H28N2O3. The van der Waals surface area contributed by atoms with Gasteiger partial charge < -0.3 is 10.1 Å². The van der Waals surface area contributed by atoms with E-state index in [0.717, 1.165) is 38.0 Å². The van der Waals surface area contributed by atoms with Gasteiger partial charge in [0.2, 0.25) is 5.91 Å². The van der Waals surface area contributed by atoms with E-state index in [-0.39, 0.29) is 11.8 Å². The number of anilines is 1. The van der Waals surface area contributed by atoms with Crippen LogP contribution in [0.15, 0.2) is 42.5 Å². The Bertz CT molecular complexity index is 845. The molecule has 1 N–H and O–H groups in total. The lowest BCUT2D eigenvalue weighted by atomic mass is 9.96. The van der Waals surface area contributed by atoms with Gasteiger partial charge in [0.15, 0.2) is 0 Å². The van der Waals surface area contributed by atoms with Crippen molar-refractivity contribution in [3.63, 3.8) is 0 Å². The molecule has 1 aliphatic rings. The predicted molar refractivity (Wildman–Crippen MR) is 110 cm³/mol. The van der Waals surface area contributed by atoms with Crippen LogP contribution in [0.3, 0.4) is 0 Å². The number of methoxy groups -OCH3 is 1. The SMILES string of the molecule is COC(=O)c1cccc(NC(=O)C2CCCN(Cc3ccc(C)cc3)C2)c1C. The molecule has 28 heavy (non-hydrogen) atoms. The number of hydrogen-bond acceptors (Lipinski definition) is 4. The minimum atomic E-state index is -0.393. The van der Waals surface area contributed by atoms with Crippen LogP contribution in [0.2, 0.25) is 0 Å². The van der Waals surface area contributed by atoms with Gasteiger partial charge in [0.1, 0.15) is 0 Å². The van der Waals surface area contributed by atoms with Gasteiger partial charge in [-0.25, -0.2) is 4.79 Å². The highest BCUT2D eigenvalue weighted by Gasteiger charge is 2.26. The van der Waals surface area contributed by atoms with Crippen molar-refractivity contribution in [2.75, 3.05) is 25.5 Å². The summed E-state index contributed by atoms with van der Waals surface area (Å²) >= 11 is 0. The van der Waals surface area contributed by atoms with Gasteiger partial charge in [-0.1, -0.05) is 35.9 Å². The van der Waals surface area contributed by atoms with Crippen LogP contribution in [-0.4, -0.2) is 37.0 Å². The standard InChI is InChI=1S/C23H28N2O3/c1-16-9-11-18(12-10-16)14-25-13-5-6-19(15-25)22(26)24-21-8-4-7-20(17(21)2)23(27)28-3/h4,7-12,19H,5-6,13-15H2,1-3H3,(H,24,26). The van der Waals surface area contributed by atoms with Gasteiger partial charge in [-0.05, 0) is 56.5 Å². The lowest BCUT2D eigenvalue weighted by Crippen LogP contribution is -2.40. The van der Waals surface area contributed by atoms with E-state index >= 15 is 0 Å². The molecule has 1 unspecified atom stereocenters. The predicted octanol–water partition coefficient (Wildman–Crippen LogP) is 3.94. The van der Waals surface area contributed by atoms with Crippen molar-refractivity contribution in [3.05, 3.63) is 64.7 Å². The topological polar surface area (TPSA) is 58.6 Å². The molecule has 3 rings (SSSR count). The summed E-state index contributed by atoms with van der Waals surface area (Å²) in [5.74, 6) is -0.436. The molecule has 0 radical (unpaired) electrons. The summed E-state index contributed by atoms with van der Waals surface area (Å²) in [4.78, 5) is 27.1. The van der Waals surface area contributed by atoms with Crippen LogP contribution in [0.1, 0.15) is 39.9 Å². The number of aryl methyl sites for hydroxylation is 1. The number of amides is 1. The number of piperidine rings is 1. The summed E-state index contributed by atoms with van der Waals surface area (Å²) < 4.78 is 4.81. The van der Waals surface area contributed by atoms with E-state index < -0.39 is 5.97 Å². The van der Waals surface area contributed by atoms with E-state index in [9.17, 15) is 9.59 Å². The molecular weight excluding hydrogens is 352 g/mol. The zero-order valence-electron chi connectivity index (χ0n) is 16.8. The number of esters is 1. The summed E-state index contributed by atoms with van der Waals surface area (Å²) in [5.41, 5.74) is 4.40. The Labute approximate surface area is 166 Å². The third kappa shape index (κ3) is 4.78. The fraction of sp³-hybridized carbons (Fsp3) is 0.391. The van der Waals surface area contributed by atoms with Crippen molar-refractivity contribution in [1.29, 1.82) is 0 Å². The minimum absolute atomic E-state index is 0.0127. The maximum atomic E-state index is 12.9. The fourth-order valence-electron chi connectivity index (χ4n) is 3.70. The summed E-state index contributed by atoms with van der Waals surface area (Å²) in [6, 6.07) is 13.9. The molecule has 0 bridgehead atoms. The molecule has 2 aromatic rings. The Hall–Kier alpha value is -2.66. The van der Waals surface area contributed by atoms with E-state index in [0.29, 0.717) is 11.3 Å². The van der Waals surface area contributed by atoms with Gasteiger partial charge in [-0.2, -0.15) is 0 Å². The summed E-state index contributed by atoms with van der Waals surface area (Å²) in [7, 11) is 1.36. The normalized spacial score (nSPS) is 17.2. The fourth-order valence-corrected chi connectivity index (χ4v) is 3.70. The van der Waals surface area contributed by atoms with Gasteiger partial charge in [0.05, 0.1) is 18.6 Å². The third-order valence-electron chi connectivity index (χ3n) is 5.40. The zero-order valence-corrected chi connectivity index (χ0v) is 16.8. The Balaban J connectivity index is 1.64. The van der Waals surface area contributed by atoms with Crippen LogP contribution >= 0.6 is 0 Å². The zero-order chi connectivity index (χ0) is 20.1.